The Kier molecular flexibility index (Phi) is 5.18. The van der Waals surface area contributed by atoms with Gasteiger partial charge in [0.05, 0.1) is 11.9 Å². The summed E-state index contributed by atoms with van der Waals surface area (Å²) in [5, 5.41) is 3.21. The van der Waals surface area contributed by atoms with Gasteiger partial charge in [-0.15, -0.1) is 0 Å². The highest BCUT2D eigenvalue weighted by molar-refractivity contribution is 7.92. The molecular weight excluding hydrogens is 420 g/mol. The zero-order valence-corrected chi connectivity index (χ0v) is 17.1. The van der Waals surface area contributed by atoms with Crippen LogP contribution >= 0.6 is 11.6 Å². The minimum atomic E-state index is -3.55. The highest BCUT2D eigenvalue weighted by Crippen LogP contribution is 2.36. The molecular formula is C19H19ClN2O6S. The van der Waals surface area contributed by atoms with Crippen molar-refractivity contribution in [3.8, 4) is 17.2 Å². The zero-order valence-electron chi connectivity index (χ0n) is 15.6. The Labute approximate surface area is 173 Å². The first-order valence-electron chi connectivity index (χ1n) is 8.91. The number of sulfonamides is 1. The van der Waals surface area contributed by atoms with Crippen LogP contribution in [0.25, 0.3) is 0 Å². The zero-order chi connectivity index (χ0) is 20.6. The van der Waals surface area contributed by atoms with Crippen LogP contribution in [-0.2, 0) is 21.4 Å². The highest BCUT2D eigenvalue weighted by Gasteiger charge is 2.31. The van der Waals surface area contributed by atoms with Crippen LogP contribution in [0.5, 0.6) is 17.2 Å². The summed E-state index contributed by atoms with van der Waals surface area (Å²) >= 11 is 6.03. The average molecular weight is 439 g/mol. The van der Waals surface area contributed by atoms with E-state index in [1.165, 1.54) is 10.4 Å². The van der Waals surface area contributed by atoms with Crippen molar-refractivity contribution in [3.05, 3.63) is 47.0 Å². The number of hydrogen-bond acceptors (Lipinski definition) is 6. The van der Waals surface area contributed by atoms with Gasteiger partial charge in [0, 0.05) is 24.5 Å². The van der Waals surface area contributed by atoms with Crippen molar-refractivity contribution < 1.29 is 27.4 Å². The van der Waals surface area contributed by atoms with Crippen molar-refractivity contribution in [1.82, 2.24) is 5.32 Å². The normalized spacial score (nSPS) is 17.9. The number of rotatable bonds is 4. The third-order valence-electron chi connectivity index (χ3n) is 4.65. The SMILES string of the molecule is CS(=O)(=O)N1CC[C@@H](C(=O)NCc2ccc3c(c2)OCO3)Oc2ccc(Cl)cc21. The number of carbonyl (C=O) groups is 1. The van der Waals surface area contributed by atoms with Gasteiger partial charge in [-0.25, -0.2) is 8.42 Å². The largest absolute Gasteiger partial charge is 0.478 e. The Morgan fingerprint density at radius 1 is 1.17 bits per heavy atom. The maximum absolute atomic E-state index is 12.7. The Morgan fingerprint density at radius 2 is 1.93 bits per heavy atom. The van der Waals surface area contributed by atoms with E-state index in [0.717, 1.165) is 11.8 Å². The number of nitrogens with one attached hydrogen (secondary N) is 1. The van der Waals surface area contributed by atoms with Gasteiger partial charge in [-0.3, -0.25) is 9.10 Å². The summed E-state index contributed by atoms with van der Waals surface area (Å²) in [5.74, 6) is 1.26. The third-order valence-corrected chi connectivity index (χ3v) is 6.06. The van der Waals surface area contributed by atoms with Crippen LogP contribution in [0.1, 0.15) is 12.0 Å². The molecule has 10 heteroatoms. The molecule has 1 atom stereocenters. The van der Waals surface area contributed by atoms with Crippen molar-refractivity contribution in [1.29, 1.82) is 0 Å². The van der Waals surface area contributed by atoms with Crippen LogP contribution < -0.4 is 23.8 Å². The lowest BCUT2D eigenvalue weighted by molar-refractivity contribution is -0.128. The topological polar surface area (TPSA) is 94.2 Å². The van der Waals surface area contributed by atoms with Crippen LogP contribution in [-0.4, -0.2) is 40.0 Å². The first kappa shape index (κ1) is 19.7. The molecule has 4 rings (SSSR count). The number of benzene rings is 2. The molecule has 1 N–H and O–H groups in total. The summed E-state index contributed by atoms with van der Waals surface area (Å²) in [4.78, 5) is 12.7. The van der Waals surface area contributed by atoms with E-state index in [9.17, 15) is 13.2 Å². The van der Waals surface area contributed by atoms with Gasteiger partial charge in [-0.2, -0.15) is 0 Å². The second kappa shape index (κ2) is 7.64. The number of halogens is 1. The number of fused-ring (bicyclic) bond motifs is 2. The van der Waals surface area contributed by atoms with E-state index in [0.29, 0.717) is 28.0 Å². The Hall–Kier alpha value is -2.65. The molecule has 0 aliphatic carbocycles. The van der Waals surface area contributed by atoms with Gasteiger partial charge in [-0.1, -0.05) is 17.7 Å². The second-order valence-electron chi connectivity index (χ2n) is 6.75. The van der Waals surface area contributed by atoms with E-state index < -0.39 is 16.1 Å². The summed E-state index contributed by atoms with van der Waals surface area (Å²) in [5.41, 5.74) is 1.17. The molecule has 0 unspecified atom stereocenters. The smallest absolute Gasteiger partial charge is 0.261 e. The van der Waals surface area contributed by atoms with E-state index in [1.807, 2.05) is 6.07 Å². The van der Waals surface area contributed by atoms with Gasteiger partial charge >= 0.3 is 0 Å². The minimum absolute atomic E-state index is 0.105. The molecule has 154 valence electrons. The van der Waals surface area contributed by atoms with E-state index >= 15 is 0 Å². The molecule has 0 spiro atoms. The monoisotopic (exact) mass is 438 g/mol. The predicted octanol–water partition coefficient (Wildman–Crippen LogP) is 2.30. The van der Waals surface area contributed by atoms with Gasteiger partial charge < -0.3 is 19.5 Å². The number of nitrogens with zero attached hydrogens (tertiary/aromatic N) is 1. The summed E-state index contributed by atoms with van der Waals surface area (Å²) in [6.45, 7) is 0.564. The summed E-state index contributed by atoms with van der Waals surface area (Å²) < 4.78 is 42.1. The minimum Gasteiger partial charge on any atom is -0.478 e. The first-order chi connectivity index (χ1) is 13.8. The summed E-state index contributed by atoms with van der Waals surface area (Å²) in [6, 6.07) is 10.1. The lowest BCUT2D eigenvalue weighted by atomic mass is 10.2. The fourth-order valence-electron chi connectivity index (χ4n) is 3.24. The Morgan fingerprint density at radius 3 is 2.72 bits per heavy atom. The van der Waals surface area contributed by atoms with Crippen molar-refractivity contribution >= 4 is 33.2 Å². The highest BCUT2D eigenvalue weighted by atomic mass is 35.5. The van der Waals surface area contributed by atoms with Crippen LogP contribution in [0.2, 0.25) is 5.02 Å². The summed E-state index contributed by atoms with van der Waals surface area (Å²) in [7, 11) is -3.55. The molecule has 8 nitrogen and oxygen atoms in total. The molecule has 2 aliphatic heterocycles. The van der Waals surface area contributed by atoms with Crippen LogP contribution in [0.3, 0.4) is 0 Å². The lowest BCUT2D eigenvalue weighted by Gasteiger charge is -2.21. The predicted molar refractivity (Wildman–Crippen MR) is 107 cm³/mol. The van der Waals surface area contributed by atoms with Crippen LogP contribution in [0, 0.1) is 0 Å². The van der Waals surface area contributed by atoms with Crippen LogP contribution in [0.4, 0.5) is 5.69 Å². The fraction of sp³-hybridized carbons (Fsp3) is 0.316. The first-order valence-corrected chi connectivity index (χ1v) is 11.1. The number of hydrogen-bond donors (Lipinski definition) is 1. The Bertz CT molecular complexity index is 1060. The second-order valence-corrected chi connectivity index (χ2v) is 9.09. The van der Waals surface area contributed by atoms with Gasteiger partial charge in [-0.05, 0) is 35.9 Å². The van der Waals surface area contributed by atoms with Gasteiger partial charge in [0.1, 0.15) is 5.75 Å². The van der Waals surface area contributed by atoms with Crippen molar-refractivity contribution in [2.75, 3.05) is 23.9 Å². The number of anilines is 1. The average Bonchev–Trinajstić information content (AvgIpc) is 3.04. The molecule has 2 aromatic carbocycles. The molecule has 2 heterocycles. The van der Waals surface area contributed by atoms with E-state index in [-0.39, 0.29) is 32.2 Å². The molecule has 29 heavy (non-hydrogen) atoms. The third kappa shape index (κ3) is 4.20. The number of carbonyl (C=O) groups excluding carboxylic acids is 1. The number of ether oxygens (including phenoxy) is 3. The van der Waals surface area contributed by atoms with E-state index in [2.05, 4.69) is 5.32 Å². The lowest BCUT2D eigenvalue weighted by Crippen LogP contribution is -2.39. The molecule has 0 fully saturated rings. The van der Waals surface area contributed by atoms with Crippen LogP contribution in [0.15, 0.2) is 36.4 Å². The number of amides is 1. The molecule has 0 saturated carbocycles. The van der Waals surface area contributed by atoms with Gasteiger partial charge in [0.15, 0.2) is 17.6 Å². The molecule has 2 aromatic rings. The molecule has 0 saturated heterocycles. The van der Waals surface area contributed by atoms with E-state index in [1.54, 1.807) is 24.3 Å². The van der Waals surface area contributed by atoms with Crippen molar-refractivity contribution in [2.24, 2.45) is 0 Å². The summed E-state index contributed by atoms with van der Waals surface area (Å²) in [6.07, 6.45) is 0.472. The quantitative estimate of drug-likeness (QED) is 0.787. The molecule has 2 aliphatic rings. The van der Waals surface area contributed by atoms with Crippen molar-refractivity contribution in [2.45, 2.75) is 19.1 Å². The Balaban J connectivity index is 1.49. The van der Waals surface area contributed by atoms with Crippen molar-refractivity contribution in [3.63, 3.8) is 0 Å². The maximum atomic E-state index is 12.7. The maximum Gasteiger partial charge on any atom is 0.261 e. The molecule has 1 amide bonds. The molecule has 0 aromatic heterocycles. The van der Waals surface area contributed by atoms with Gasteiger partial charge in [0.25, 0.3) is 5.91 Å². The standard InChI is InChI=1S/C19H19ClN2O6S/c1-29(24,25)22-7-6-17(28-15-5-3-13(20)9-14(15)22)19(23)21-10-12-2-4-16-18(8-12)27-11-26-16/h2-5,8-9,17H,6-7,10-11H2,1H3,(H,21,23)/t17-/m0/s1. The fourth-order valence-corrected chi connectivity index (χ4v) is 4.34. The van der Waals surface area contributed by atoms with E-state index in [4.69, 9.17) is 25.8 Å². The molecule has 0 radical (unpaired) electrons. The molecule has 0 bridgehead atoms. The van der Waals surface area contributed by atoms with Gasteiger partial charge in [0.2, 0.25) is 16.8 Å².